The minimum Gasteiger partial charge on any atom is -0.496 e. The first-order chi connectivity index (χ1) is 17.3. The van der Waals surface area contributed by atoms with Crippen LogP contribution in [0.4, 0.5) is 0 Å². The van der Waals surface area contributed by atoms with Crippen molar-refractivity contribution < 1.29 is 24.2 Å². The highest BCUT2D eigenvalue weighted by Gasteiger charge is 2.48. The van der Waals surface area contributed by atoms with E-state index in [0.29, 0.717) is 48.0 Å². The molecule has 1 heterocycles. The van der Waals surface area contributed by atoms with Gasteiger partial charge in [0.05, 0.1) is 33.9 Å². The molecule has 4 rings (SSSR count). The number of hydrogen-bond acceptors (Lipinski definition) is 5. The molecule has 1 saturated carbocycles. The van der Waals surface area contributed by atoms with Gasteiger partial charge in [0.2, 0.25) is 11.8 Å². The number of methoxy groups -OCH3 is 1. The first-order valence-electron chi connectivity index (χ1n) is 11.6. The minimum atomic E-state index is -0.923. The van der Waals surface area contributed by atoms with Crippen molar-refractivity contribution >= 4 is 58.8 Å². The van der Waals surface area contributed by atoms with Crippen molar-refractivity contribution in [2.24, 2.45) is 11.8 Å². The summed E-state index contributed by atoms with van der Waals surface area (Å²) in [6.07, 6.45) is 4.77. The summed E-state index contributed by atoms with van der Waals surface area (Å²) >= 11 is 14.5. The smallest absolute Gasteiger partial charge is 0.307 e. The van der Waals surface area contributed by atoms with Gasteiger partial charge in [-0.05, 0) is 49.1 Å². The van der Waals surface area contributed by atoms with Crippen LogP contribution in [0.5, 0.6) is 5.75 Å². The van der Waals surface area contributed by atoms with Gasteiger partial charge in [0, 0.05) is 30.1 Å². The van der Waals surface area contributed by atoms with Gasteiger partial charge in [-0.25, -0.2) is 0 Å². The van der Waals surface area contributed by atoms with Gasteiger partial charge in [0.15, 0.2) is 0 Å². The molecule has 190 valence electrons. The van der Waals surface area contributed by atoms with Gasteiger partial charge in [-0.15, -0.1) is 0 Å². The third kappa shape index (κ3) is 6.17. The maximum Gasteiger partial charge on any atom is 0.307 e. The topological polar surface area (TPSA) is 95.9 Å². The van der Waals surface area contributed by atoms with Crippen molar-refractivity contribution in [3.63, 3.8) is 0 Å². The third-order valence-corrected chi connectivity index (χ3v) is 8.49. The Kier molecular flexibility index (Phi) is 8.49. The first kappa shape index (κ1) is 26.4. The van der Waals surface area contributed by atoms with Gasteiger partial charge >= 0.3 is 5.97 Å². The number of carboxylic acid groups (broad SMARTS) is 1. The highest BCUT2D eigenvalue weighted by molar-refractivity contribution is 7.99. The van der Waals surface area contributed by atoms with Gasteiger partial charge in [-0.2, -0.15) is 0 Å². The number of aliphatic carboxylic acids is 1. The summed E-state index contributed by atoms with van der Waals surface area (Å²) in [6, 6.07) is 11.3. The van der Waals surface area contributed by atoms with Crippen LogP contribution in [0.15, 0.2) is 52.3 Å². The number of ether oxygens (including phenoxy) is 1. The summed E-state index contributed by atoms with van der Waals surface area (Å²) in [7, 11) is 1.61. The second-order valence-electron chi connectivity index (χ2n) is 8.76. The lowest BCUT2D eigenvalue weighted by Crippen LogP contribution is -2.46. The number of carboxylic acids is 1. The Morgan fingerprint density at radius 3 is 2.44 bits per heavy atom. The molecule has 10 heteroatoms. The van der Waals surface area contributed by atoms with E-state index in [-0.39, 0.29) is 17.9 Å². The van der Waals surface area contributed by atoms with E-state index in [9.17, 15) is 14.4 Å². The monoisotopic (exact) mass is 548 g/mol. The molecule has 0 radical (unpaired) electrons. The van der Waals surface area contributed by atoms with Crippen molar-refractivity contribution in [3.8, 4) is 5.75 Å². The van der Waals surface area contributed by atoms with Crippen molar-refractivity contribution in [1.29, 1.82) is 0 Å². The molecule has 2 aromatic rings. The van der Waals surface area contributed by atoms with Crippen LogP contribution >= 0.6 is 35.0 Å². The molecule has 1 aliphatic carbocycles. The van der Waals surface area contributed by atoms with Crippen LogP contribution in [0.3, 0.4) is 0 Å². The molecule has 7 nitrogen and oxygen atoms in total. The van der Waals surface area contributed by atoms with E-state index >= 15 is 0 Å². The summed E-state index contributed by atoms with van der Waals surface area (Å²) in [6.45, 7) is 1.01. The lowest BCUT2D eigenvalue weighted by molar-refractivity contribution is -0.140. The van der Waals surface area contributed by atoms with Gasteiger partial charge in [-0.1, -0.05) is 53.2 Å². The summed E-state index contributed by atoms with van der Waals surface area (Å²) in [5.41, 5.74) is 0.638. The standard InChI is InChI=1S/C26H26Cl2N2O5S/c1-35-19-4-2-3-5-20(19)36-21-8-6-15(23(27)24(21)28)7-9-22(31)30-12-10-16(11-13-30)29-25(32)17-14-18(17)26(33)34/h2-9,16-18H,10-14H2,1H3,(H,29,32)(H,33,34)/b9-7+. The Morgan fingerprint density at radius 2 is 1.78 bits per heavy atom. The van der Waals surface area contributed by atoms with Crippen LogP contribution in [0.1, 0.15) is 24.8 Å². The highest BCUT2D eigenvalue weighted by atomic mass is 35.5. The molecule has 2 aliphatic rings. The predicted octanol–water partition coefficient (Wildman–Crippen LogP) is 4.99. The van der Waals surface area contributed by atoms with Crippen LogP contribution in [0.2, 0.25) is 10.0 Å². The summed E-state index contributed by atoms with van der Waals surface area (Å²) < 4.78 is 5.39. The molecular formula is C26H26Cl2N2O5S. The Morgan fingerprint density at radius 1 is 1.06 bits per heavy atom. The van der Waals surface area contributed by atoms with Gasteiger partial charge in [0.25, 0.3) is 0 Å². The fraction of sp³-hybridized carbons (Fsp3) is 0.346. The van der Waals surface area contributed by atoms with Crippen molar-refractivity contribution in [3.05, 3.63) is 58.1 Å². The molecule has 0 bridgehead atoms. The molecule has 2 amide bonds. The van der Waals surface area contributed by atoms with E-state index in [1.54, 1.807) is 18.1 Å². The number of nitrogens with zero attached hydrogens (tertiary/aromatic N) is 1. The number of nitrogens with one attached hydrogen (secondary N) is 1. The van der Waals surface area contributed by atoms with Crippen molar-refractivity contribution in [2.75, 3.05) is 20.2 Å². The van der Waals surface area contributed by atoms with Crippen LogP contribution in [0, 0.1) is 11.8 Å². The van der Waals surface area contributed by atoms with Gasteiger partial charge < -0.3 is 20.1 Å². The summed E-state index contributed by atoms with van der Waals surface area (Å²) in [5, 5.41) is 12.7. The molecule has 2 N–H and O–H groups in total. The van der Waals surface area contributed by atoms with Gasteiger partial charge in [0.1, 0.15) is 5.75 Å². The number of benzene rings is 2. The van der Waals surface area contributed by atoms with Crippen LogP contribution in [0.25, 0.3) is 6.08 Å². The number of carbonyl (C=O) groups excluding carboxylic acids is 2. The van der Waals surface area contributed by atoms with Crippen molar-refractivity contribution in [2.45, 2.75) is 35.1 Å². The Labute approximate surface area is 223 Å². The fourth-order valence-electron chi connectivity index (χ4n) is 4.15. The first-order valence-corrected chi connectivity index (χ1v) is 13.1. The number of hydrogen-bond donors (Lipinski definition) is 2. The quantitative estimate of drug-likeness (QED) is 0.451. The van der Waals surface area contributed by atoms with Crippen LogP contribution in [-0.4, -0.2) is 54.0 Å². The van der Waals surface area contributed by atoms with Gasteiger partial charge in [-0.3, -0.25) is 14.4 Å². The zero-order valence-corrected chi connectivity index (χ0v) is 21.9. The average Bonchev–Trinajstić information content (AvgIpc) is 3.69. The number of halogens is 2. The molecule has 1 saturated heterocycles. The second-order valence-corrected chi connectivity index (χ2v) is 10.6. The lowest BCUT2D eigenvalue weighted by atomic mass is 10.0. The number of rotatable bonds is 8. The van der Waals surface area contributed by atoms with E-state index in [2.05, 4.69) is 5.32 Å². The zero-order valence-electron chi connectivity index (χ0n) is 19.6. The molecule has 1 aliphatic heterocycles. The highest BCUT2D eigenvalue weighted by Crippen LogP contribution is 2.42. The Balaban J connectivity index is 1.31. The summed E-state index contributed by atoms with van der Waals surface area (Å²) in [5.74, 6) is -1.52. The number of amides is 2. The molecule has 0 spiro atoms. The van der Waals surface area contributed by atoms with E-state index in [4.69, 9.17) is 33.0 Å². The summed E-state index contributed by atoms with van der Waals surface area (Å²) in [4.78, 5) is 39.2. The number of para-hydroxylation sites is 1. The van der Waals surface area contributed by atoms with Crippen LogP contribution < -0.4 is 10.1 Å². The molecule has 0 aromatic heterocycles. The fourth-order valence-corrected chi connectivity index (χ4v) is 5.69. The number of likely N-dealkylation sites (tertiary alicyclic amines) is 1. The SMILES string of the molecule is COc1ccccc1Sc1ccc(/C=C/C(=O)N2CCC(NC(=O)C3CC3C(=O)O)CC2)c(Cl)c1Cl. The molecule has 36 heavy (non-hydrogen) atoms. The van der Waals surface area contributed by atoms with E-state index in [1.807, 2.05) is 36.4 Å². The Hall–Kier alpha value is -2.68. The number of piperidine rings is 1. The minimum absolute atomic E-state index is 0.0536. The van der Waals surface area contributed by atoms with E-state index < -0.39 is 17.8 Å². The molecule has 2 fully saturated rings. The Bertz CT molecular complexity index is 1200. The molecule has 2 atom stereocenters. The maximum atomic E-state index is 12.7. The predicted molar refractivity (Wildman–Crippen MR) is 140 cm³/mol. The number of carbonyl (C=O) groups is 3. The maximum absolute atomic E-state index is 12.7. The molecule has 2 unspecified atom stereocenters. The molecular weight excluding hydrogens is 523 g/mol. The van der Waals surface area contributed by atoms with Crippen LogP contribution in [-0.2, 0) is 14.4 Å². The molecule has 2 aromatic carbocycles. The van der Waals surface area contributed by atoms with E-state index in [0.717, 1.165) is 15.5 Å². The lowest BCUT2D eigenvalue weighted by Gasteiger charge is -2.31. The van der Waals surface area contributed by atoms with Crippen molar-refractivity contribution in [1.82, 2.24) is 10.2 Å². The second kappa shape index (κ2) is 11.6. The van der Waals surface area contributed by atoms with E-state index in [1.165, 1.54) is 17.8 Å². The average molecular weight is 549 g/mol. The third-order valence-electron chi connectivity index (χ3n) is 6.37. The normalized spacial score (nSPS) is 19.8. The zero-order chi connectivity index (χ0) is 25.8. The largest absolute Gasteiger partial charge is 0.496 e.